The van der Waals surface area contributed by atoms with E-state index in [1.54, 1.807) is 19.1 Å². The number of anilines is 1. The van der Waals surface area contributed by atoms with Crippen LogP contribution in [0.2, 0.25) is 20.1 Å². The smallest absolute Gasteiger partial charge is 0.244 e. The van der Waals surface area contributed by atoms with Gasteiger partial charge in [-0.25, -0.2) is 8.42 Å². The van der Waals surface area contributed by atoms with Crippen molar-refractivity contribution in [2.45, 2.75) is 33.4 Å². The largest absolute Gasteiger partial charge is 0.354 e. The van der Waals surface area contributed by atoms with E-state index in [0.29, 0.717) is 22.2 Å². The van der Waals surface area contributed by atoms with Crippen LogP contribution in [0.3, 0.4) is 0 Å². The Bertz CT molecular complexity index is 1190. The summed E-state index contributed by atoms with van der Waals surface area (Å²) in [6, 6.07) is 8.34. The average molecular weight is 583 g/mol. The Labute approximate surface area is 226 Å². The van der Waals surface area contributed by atoms with Gasteiger partial charge in [-0.2, -0.15) is 0 Å². The van der Waals surface area contributed by atoms with Crippen LogP contribution in [-0.2, 0) is 26.2 Å². The molecule has 0 aliphatic rings. The van der Waals surface area contributed by atoms with E-state index in [4.69, 9.17) is 46.4 Å². The molecule has 12 heteroatoms. The highest BCUT2D eigenvalue weighted by molar-refractivity contribution is 7.92. The van der Waals surface area contributed by atoms with E-state index in [1.165, 1.54) is 29.2 Å². The van der Waals surface area contributed by atoms with Crippen LogP contribution in [0.15, 0.2) is 36.4 Å². The van der Waals surface area contributed by atoms with Crippen LogP contribution in [0.4, 0.5) is 5.69 Å². The number of rotatable bonds is 10. The minimum Gasteiger partial charge on any atom is -0.354 e. The monoisotopic (exact) mass is 581 g/mol. The Morgan fingerprint density at radius 3 is 2.23 bits per heavy atom. The maximum Gasteiger partial charge on any atom is 0.244 e. The quantitative estimate of drug-likeness (QED) is 0.414. The second-order valence-corrected chi connectivity index (χ2v) is 12.0. The van der Waals surface area contributed by atoms with Gasteiger partial charge in [-0.1, -0.05) is 72.4 Å². The van der Waals surface area contributed by atoms with E-state index >= 15 is 0 Å². The molecule has 1 N–H and O–H groups in total. The molecule has 0 aliphatic heterocycles. The second kappa shape index (κ2) is 12.5. The van der Waals surface area contributed by atoms with Crippen molar-refractivity contribution in [3.8, 4) is 0 Å². The summed E-state index contributed by atoms with van der Waals surface area (Å²) in [7, 11) is -3.94. The summed E-state index contributed by atoms with van der Waals surface area (Å²) in [6.07, 6.45) is 0.955. The lowest BCUT2D eigenvalue weighted by molar-refractivity contribution is -0.139. The van der Waals surface area contributed by atoms with Gasteiger partial charge >= 0.3 is 0 Å². The number of benzene rings is 2. The molecule has 192 valence electrons. The van der Waals surface area contributed by atoms with Crippen molar-refractivity contribution in [2.75, 3.05) is 23.7 Å². The fourth-order valence-electron chi connectivity index (χ4n) is 3.15. The van der Waals surface area contributed by atoms with E-state index in [2.05, 4.69) is 5.32 Å². The highest BCUT2D eigenvalue weighted by Gasteiger charge is 2.31. The van der Waals surface area contributed by atoms with Crippen molar-refractivity contribution in [1.29, 1.82) is 0 Å². The first-order valence-electron chi connectivity index (χ1n) is 10.6. The number of carbonyl (C=O) groups is 2. The van der Waals surface area contributed by atoms with Gasteiger partial charge in [0.1, 0.15) is 12.6 Å². The Balaban J connectivity index is 2.45. The van der Waals surface area contributed by atoms with Crippen LogP contribution >= 0.6 is 46.4 Å². The van der Waals surface area contributed by atoms with Crippen LogP contribution in [0.5, 0.6) is 0 Å². The molecule has 0 heterocycles. The highest BCUT2D eigenvalue weighted by atomic mass is 35.5. The summed E-state index contributed by atoms with van der Waals surface area (Å²) >= 11 is 24.6. The lowest BCUT2D eigenvalue weighted by Gasteiger charge is -2.32. The van der Waals surface area contributed by atoms with Crippen LogP contribution in [0, 0.1) is 5.92 Å². The molecule has 0 fully saturated rings. The Hall–Kier alpha value is -1.71. The zero-order chi connectivity index (χ0) is 26.5. The molecule has 2 aromatic carbocycles. The maximum absolute atomic E-state index is 13.5. The maximum atomic E-state index is 13.5. The van der Waals surface area contributed by atoms with Gasteiger partial charge in [-0.15, -0.1) is 0 Å². The third-order valence-electron chi connectivity index (χ3n) is 5.09. The molecular weight excluding hydrogens is 556 g/mol. The van der Waals surface area contributed by atoms with Crippen molar-refractivity contribution < 1.29 is 18.0 Å². The molecule has 0 unspecified atom stereocenters. The molecular formula is C23H27Cl4N3O4S. The van der Waals surface area contributed by atoms with Crippen molar-refractivity contribution in [3.05, 3.63) is 62.1 Å². The molecule has 0 bridgehead atoms. The van der Waals surface area contributed by atoms with Gasteiger partial charge in [0.2, 0.25) is 21.8 Å². The number of halogens is 4. The molecule has 0 saturated heterocycles. The number of nitrogens with one attached hydrogen (secondary N) is 1. The SMILES string of the molecule is CC(C)CNC(=O)[C@@H](C)N(Cc1ccc(Cl)cc1Cl)C(=O)CN(c1cccc(Cl)c1Cl)S(C)(=O)=O. The summed E-state index contributed by atoms with van der Waals surface area (Å²) in [5.74, 6) is -0.819. The molecule has 35 heavy (non-hydrogen) atoms. The summed E-state index contributed by atoms with van der Waals surface area (Å²) in [5, 5.41) is 3.65. The molecule has 0 aromatic heterocycles. The average Bonchev–Trinajstić information content (AvgIpc) is 2.76. The van der Waals surface area contributed by atoms with Crippen LogP contribution in [0.25, 0.3) is 0 Å². The van der Waals surface area contributed by atoms with Gasteiger partial charge in [-0.3, -0.25) is 13.9 Å². The van der Waals surface area contributed by atoms with Gasteiger partial charge in [0, 0.05) is 23.1 Å². The Morgan fingerprint density at radius 1 is 1.00 bits per heavy atom. The molecule has 0 aliphatic carbocycles. The standard InChI is InChI=1S/C23H27Cl4N3O4S/c1-14(2)11-28-23(32)15(3)29(12-16-8-9-17(24)10-19(16)26)21(31)13-30(35(4,33)34)20-7-5-6-18(25)22(20)27/h5-10,14-15H,11-13H2,1-4H3,(H,28,32)/t15-/m1/s1. The number of sulfonamides is 1. The third-order valence-corrected chi connectivity index (χ3v) is 7.61. The fourth-order valence-corrected chi connectivity index (χ4v) is 4.92. The number of hydrogen-bond donors (Lipinski definition) is 1. The zero-order valence-corrected chi connectivity index (χ0v) is 23.5. The van der Waals surface area contributed by atoms with Crippen LogP contribution < -0.4 is 9.62 Å². The molecule has 7 nitrogen and oxygen atoms in total. The van der Waals surface area contributed by atoms with Crippen molar-refractivity contribution in [3.63, 3.8) is 0 Å². The number of carbonyl (C=O) groups excluding carboxylic acids is 2. The third kappa shape index (κ3) is 8.15. The van der Waals surface area contributed by atoms with Gasteiger partial charge in [0.25, 0.3) is 0 Å². The van der Waals surface area contributed by atoms with Crippen molar-refractivity contribution in [2.24, 2.45) is 5.92 Å². The lowest BCUT2D eigenvalue weighted by Crippen LogP contribution is -2.51. The first-order valence-corrected chi connectivity index (χ1v) is 14.0. The highest BCUT2D eigenvalue weighted by Crippen LogP contribution is 2.34. The van der Waals surface area contributed by atoms with Crippen molar-refractivity contribution >= 4 is 73.9 Å². The molecule has 0 saturated carbocycles. The van der Waals surface area contributed by atoms with Gasteiger partial charge in [0.05, 0.1) is 22.0 Å². The van der Waals surface area contributed by atoms with E-state index < -0.39 is 28.5 Å². The fraction of sp³-hybridized carbons (Fsp3) is 0.391. The van der Waals surface area contributed by atoms with E-state index in [-0.39, 0.29) is 34.1 Å². The van der Waals surface area contributed by atoms with E-state index in [1.807, 2.05) is 13.8 Å². The molecule has 1 atom stereocenters. The predicted molar refractivity (Wildman–Crippen MR) is 143 cm³/mol. The number of amides is 2. The van der Waals surface area contributed by atoms with Gasteiger partial charge in [-0.05, 0) is 42.7 Å². The topological polar surface area (TPSA) is 86.8 Å². The molecule has 2 amide bonds. The Morgan fingerprint density at radius 2 is 1.66 bits per heavy atom. The normalized spacial score (nSPS) is 12.4. The molecule has 2 aromatic rings. The van der Waals surface area contributed by atoms with Gasteiger partial charge in [0.15, 0.2) is 0 Å². The van der Waals surface area contributed by atoms with Crippen LogP contribution in [-0.4, -0.2) is 50.5 Å². The molecule has 2 rings (SSSR count). The molecule has 0 radical (unpaired) electrons. The first-order chi connectivity index (χ1) is 16.2. The molecule has 0 spiro atoms. The second-order valence-electron chi connectivity index (χ2n) is 8.41. The lowest BCUT2D eigenvalue weighted by atomic mass is 10.1. The number of hydrogen-bond acceptors (Lipinski definition) is 4. The Kier molecular flexibility index (Phi) is 10.5. The minimum absolute atomic E-state index is 0.0117. The van der Waals surface area contributed by atoms with E-state index in [0.717, 1.165) is 10.6 Å². The summed E-state index contributed by atoms with van der Waals surface area (Å²) in [4.78, 5) is 27.6. The summed E-state index contributed by atoms with van der Waals surface area (Å²) in [5.41, 5.74) is 0.594. The summed E-state index contributed by atoms with van der Waals surface area (Å²) < 4.78 is 26.1. The minimum atomic E-state index is -3.94. The first kappa shape index (κ1) is 29.5. The van der Waals surface area contributed by atoms with Crippen LogP contribution in [0.1, 0.15) is 26.3 Å². The predicted octanol–water partition coefficient (Wildman–Crippen LogP) is 5.26. The summed E-state index contributed by atoms with van der Waals surface area (Å²) in [6.45, 7) is 5.22. The van der Waals surface area contributed by atoms with Crippen molar-refractivity contribution in [1.82, 2.24) is 10.2 Å². The zero-order valence-electron chi connectivity index (χ0n) is 19.7. The van der Waals surface area contributed by atoms with E-state index in [9.17, 15) is 18.0 Å². The van der Waals surface area contributed by atoms with Gasteiger partial charge < -0.3 is 10.2 Å². The number of nitrogens with zero attached hydrogens (tertiary/aromatic N) is 2.